The molecule has 5 nitrogen and oxygen atoms in total. The van der Waals surface area contributed by atoms with Crippen LogP contribution in [-0.2, 0) is 6.42 Å². The van der Waals surface area contributed by atoms with Crippen molar-refractivity contribution >= 4 is 5.69 Å². The average Bonchev–Trinajstić information content (AvgIpc) is 3.03. The molecule has 0 spiro atoms. The van der Waals surface area contributed by atoms with E-state index in [1.807, 2.05) is 0 Å². The van der Waals surface area contributed by atoms with Crippen LogP contribution in [0.15, 0.2) is 34.7 Å². The van der Waals surface area contributed by atoms with Crippen molar-refractivity contribution in [3.05, 3.63) is 42.1 Å². The minimum atomic E-state index is 0.182. The van der Waals surface area contributed by atoms with E-state index in [1.54, 1.807) is 0 Å². The molecular weight excluding hydrogens is 288 g/mol. The zero-order chi connectivity index (χ0) is 16.2. The summed E-state index contributed by atoms with van der Waals surface area (Å²) in [6.45, 7) is 10.6. The van der Waals surface area contributed by atoms with Gasteiger partial charge in [-0.3, -0.25) is 4.90 Å². The molecule has 1 aromatic heterocycles. The number of hydrogen-bond acceptors (Lipinski definition) is 5. The Hall–Kier alpha value is -1.88. The molecule has 1 saturated heterocycles. The summed E-state index contributed by atoms with van der Waals surface area (Å²) in [5, 5.41) is 8.43. The van der Waals surface area contributed by atoms with Crippen molar-refractivity contribution in [1.29, 1.82) is 0 Å². The van der Waals surface area contributed by atoms with Gasteiger partial charge in [0.15, 0.2) is 0 Å². The van der Waals surface area contributed by atoms with Crippen LogP contribution >= 0.6 is 0 Å². The first-order chi connectivity index (χ1) is 11.1. The van der Waals surface area contributed by atoms with Gasteiger partial charge in [-0.2, -0.15) is 0 Å². The standard InChI is InChI=1S/C18H26N4O/c1-14(2)13-17-19-20-18(23-17)15(3)21-9-11-22(12-10-21)16-7-5-4-6-8-16/h4-8,14-15H,9-13H2,1-3H3. The molecule has 1 atom stereocenters. The van der Waals surface area contributed by atoms with E-state index in [-0.39, 0.29) is 6.04 Å². The van der Waals surface area contributed by atoms with Gasteiger partial charge in [0.25, 0.3) is 0 Å². The third kappa shape index (κ3) is 3.91. The predicted octanol–water partition coefficient (Wildman–Crippen LogP) is 3.15. The lowest BCUT2D eigenvalue weighted by Gasteiger charge is -2.38. The molecule has 0 radical (unpaired) electrons. The molecule has 1 aliphatic heterocycles. The molecule has 0 bridgehead atoms. The number of aromatic nitrogens is 2. The van der Waals surface area contributed by atoms with E-state index in [0.29, 0.717) is 5.92 Å². The van der Waals surface area contributed by atoms with E-state index in [0.717, 1.165) is 44.4 Å². The average molecular weight is 314 g/mol. The van der Waals surface area contributed by atoms with E-state index in [1.165, 1.54) is 5.69 Å². The smallest absolute Gasteiger partial charge is 0.233 e. The normalized spacial score (nSPS) is 17.7. The van der Waals surface area contributed by atoms with Crippen molar-refractivity contribution in [3.8, 4) is 0 Å². The SMILES string of the molecule is CC(C)Cc1nnc(C(C)N2CCN(c3ccccc3)CC2)o1. The van der Waals surface area contributed by atoms with Crippen molar-refractivity contribution in [1.82, 2.24) is 15.1 Å². The van der Waals surface area contributed by atoms with Crippen molar-refractivity contribution < 1.29 is 4.42 Å². The molecule has 1 aromatic carbocycles. The Morgan fingerprint density at radius 3 is 2.35 bits per heavy atom. The minimum absolute atomic E-state index is 0.182. The molecule has 23 heavy (non-hydrogen) atoms. The van der Waals surface area contributed by atoms with Gasteiger partial charge < -0.3 is 9.32 Å². The number of benzene rings is 1. The minimum Gasteiger partial charge on any atom is -0.424 e. The lowest BCUT2D eigenvalue weighted by atomic mass is 10.1. The second kappa shape index (κ2) is 7.13. The molecule has 3 rings (SSSR count). The van der Waals surface area contributed by atoms with Gasteiger partial charge in [-0.1, -0.05) is 32.0 Å². The summed E-state index contributed by atoms with van der Waals surface area (Å²) >= 11 is 0. The number of nitrogens with zero attached hydrogens (tertiary/aromatic N) is 4. The molecule has 0 amide bonds. The van der Waals surface area contributed by atoms with Gasteiger partial charge in [-0.05, 0) is 25.0 Å². The number of piperazine rings is 1. The Labute approximate surface area is 138 Å². The lowest BCUT2D eigenvalue weighted by Crippen LogP contribution is -2.47. The van der Waals surface area contributed by atoms with Crippen molar-refractivity contribution in [2.75, 3.05) is 31.1 Å². The number of anilines is 1. The first-order valence-electron chi connectivity index (χ1n) is 8.50. The summed E-state index contributed by atoms with van der Waals surface area (Å²) in [4.78, 5) is 4.85. The fraction of sp³-hybridized carbons (Fsp3) is 0.556. The Kier molecular flexibility index (Phi) is 4.96. The molecule has 2 aromatic rings. The second-order valence-corrected chi connectivity index (χ2v) is 6.67. The van der Waals surface area contributed by atoms with Crippen LogP contribution in [0.2, 0.25) is 0 Å². The Balaban J connectivity index is 1.57. The highest BCUT2D eigenvalue weighted by atomic mass is 16.4. The summed E-state index contributed by atoms with van der Waals surface area (Å²) in [7, 11) is 0. The molecule has 5 heteroatoms. The maximum Gasteiger partial charge on any atom is 0.233 e. The predicted molar refractivity (Wildman–Crippen MR) is 91.5 cm³/mol. The van der Waals surface area contributed by atoms with Gasteiger partial charge in [-0.25, -0.2) is 0 Å². The summed E-state index contributed by atoms with van der Waals surface area (Å²) < 4.78 is 5.84. The molecule has 124 valence electrons. The fourth-order valence-corrected chi connectivity index (χ4v) is 3.03. The van der Waals surface area contributed by atoms with Crippen LogP contribution in [0.1, 0.15) is 38.6 Å². The van der Waals surface area contributed by atoms with Crippen LogP contribution in [0, 0.1) is 5.92 Å². The van der Waals surface area contributed by atoms with Gasteiger partial charge in [0.2, 0.25) is 11.8 Å². The maximum atomic E-state index is 5.84. The highest BCUT2D eigenvalue weighted by Crippen LogP contribution is 2.23. The van der Waals surface area contributed by atoms with Crippen molar-refractivity contribution in [2.24, 2.45) is 5.92 Å². The third-order valence-electron chi connectivity index (χ3n) is 4.41. The summed E-state index contributed by atoms with van der Waals surface area (Å²) in [6, 6.07) is 10.8. The third-order valence-corrected chi connectivity index (χ3v) is 4.41. The Bertz CT molecular complexity index is 602. The van der Waals surface area contributed by atoms with Gasteiger partial charge in [0, 0.05) is 38.3 Å². The highest BCUT2D eigenvalue weighted by Gasteiger charge is 2.25. The molecule has 0 saturated carbocycles. The van der Waals surface area contributed by atoms with E-state index in [4.69, 9.17) is 4.42 Å². The molecule has 0 aliphatic carbocycles. The Morgan fingerprint density at radius 1 is 1.00 bits per heavy atom. The van der Waals surface area contributed by atoms with E-state index < -0.39 is 0 Å². The molecular formula is C18H26N4O. The van der Waals surface area contributed by atoms with Crippen LogP contribution in [0.3, 0.4) is 0 Å². The number of rotatable bonds is 5. The largest absolute Gasteiger partial charge is 0.424 e. The van der Waals surface area contributed by atoms with Crippen LogP contribution < -0.4 is 4.90 Å². The Morgan fingerprint density at radius 2 is 1.70 bits per heavy atom. The number of para-hydroxylation sites is 1. The molecule has 1 aliphatic rings. The van der Waals surface area contributed by atoms with E-state index >= 15 is 0 Å². The van der Waals surface area contributed by atoms with Gasteiger partial charge in [0.1, 0.15) is 0 Å². The van der Waals surface area contributed by atoms with Crippen LogP contribution in [0.4, 0.5) is 5.69 Å². The van der Waals surface area contributed by atoms with Gasteiger partial charge >= 0.3 is 0 Å². The molecule has 1 fully saturated rings. The highest BCUT2D eigenvalue weighted by molar-refractivity contribution is 5.46. The van der Waals surface area contributed by atoms with Crippen LogP contribution in [-0.4, -0.2) is 41.3 Å². The first-order valence-corrected chi connectivity index (χ1v) is 8.50. The fourth-order valence-electron chi connectivity index (χ4n) is 3.03. The van der Waals surface area contributed by atoms with Crippen molar-refractivity contribution in [2.45, 2.75) is 33.2 Å². The maximum absolute atomic E-state index is 5.84. The number of hydrogen-bond donors (Lipinski definition) is 0. The summed E-state index contributed by atoms with van der Waals surface area (Å²) in [6.07, 6.45) is 0.849. The lowest BCUT2D eigenvalue weighted by molar-refractivity contribution is 0.171. The molecule has 1 unspecified atom stereocenters. The molecule has 0 N–H and O–H groups in total. The summed E-state index contributed by atoms with van der Waals surface area (Å²) in [5.41, 5.74) is 1.30. The van der Waals surface area contributed by atoms with E-state index in [2.05, 4.69) is 71.1 Å². The topological polar surface area (TPSA) is 45.4 Å². The van der Waals surface area contributed by atoms with E-state index in [9.17, 15) is 0 Å². The monoisotopic (exact) mass is 314 g/mol. The first kappa shape index (κ1) is 16.0. The van der Waals surface area contributed by atoms with Gasteiger partial charge in [-0.15, -0.1) is 10.2 Å². The zero-order valence-electron chi connectivity index (χ0n) is 14.3. The van der Waals surface area contributed by atoms with Crippen LogP contribution in [0.25, 0.3) is 0 Å². The molecule has 2 heterocycles. The zero-order valence-corrected chi connectivity index (χ0v) is 14.3. The second-order valence-electron chi connectivity index (χ2n) is 6.67. The summed E-state index contributed by atoms with van der Waals surface area (Å²) in [5.74, 6) is 2.03. The van der Waals surface area contributed by atoms with Gasteiger partial charge in [0.05, 0.1) is 6.04 Å². The van der Waals surface area contributed by atoms with Crippen LogP contribution in [0.5, 0.6) is 0 Å². The van der Waals surface area contributed by atoms with Crippen molar-refractivity contribution in [3.63, 3.8) is 0 Å². The quantitative estimate of drug-likeness (QED) is 0.848.